The van der Waals surface area contributed by atoms with E-state index in [2.05, 4.69) is 16.9 Å². The van der Waals surface area contributed by atoms with Crippen LogP contribution in [0.1, 0.15) is 206 Å². The van der Waals surface area contributed by atoms with Crippen LogP contribution in [0, 0.1) is 0 Å². The van der Waals surface area contributed by atoms with Gasteiger partial charge in [0.25, 0.3) is 0 Å². The lowest BCUT2D eigenvalue weighted by Gasteiger charge is -2.32. The number of ether oxygens (including phenoxy) is 5. The summed E-state index contributed by atoms with van der Waals surface area (Å²) in [6.45, 7) is 10.2. The van der Waals surface area contributed by atoms with Gasteiger partial charge in [-0.2, -0.15) is 0 Å². The smallest absolute Gasteiger partial charge is 0.307 e. The van der Waals surface area contributed by atoms with E-state index in [1.165, 1.54) is 96.4 Å². The lowest BCUT2D eigenvalue weighted by Crippen LogP contribution is -2.45. The van der Waals surface area contributed by atoms with Gasteiger partial charge in [-0.25, -0.2) is 9.97 Å². The lowest BCUT2D eigenvalue weighted by molar-refractivity contribution is -0.187. The number of rotatable bonds is 32. The SMILES string of the molecule is CCCCCCCCCCCCCCCCCC(=O)OC(c1cnco1)c1nc(C(CC(OC(=O)CC)C(OC(=O)CC)C(C)OC(=O)CC)OC(=O)CC)co1. The summed E-state index contributed by atoms with van der Waals surface area (Å²) >= 11 is 0. The van der Waals surface area contributed by atoms with Crippen molar-refractivity contribution in [3.05, 3.63) is 36.2 Å². The van der Waals surface area contributed by atoms with E-state index in [0.29, 0.717) is 6.42 Å². The van der Waals surface area contributed by atoms with Crippen LogP contribution in [0.4, 0.5) is 0 Å². The number of nitrogens with zero attached hydrogens (tertiary/aromatic N) is 2. The topological polar surface area (TPSA) is 184 Å². The maximum Gasteiger partial charge on any atom is 0.307 e. The van der Waals surface area contributed by atoms with Crippen molar-refractivity contribution in [1.29, 1.82) is 0 Å². The van der Waals surface area contributed by atoms with Crippen molar-refractivity contribution < 1.29 is 56.5 Å². The highest BCUT2D eigenvalue weighted by molar-refractivity contribution is 5.71. The second-order valence-corrected chi connectivity index (χ2v) is 14.4. The lowest BCUT2D eigenvalue weighted by atomic mass is 10.0. The molecule has 0 aromatic carbocycles. The van der Waals surface area contributed by atoms with Crippen molar-refractivity contribution in [2.75, 3.05) is 0 Å². The second-order valence-electron chi connectivity index (χ2n) is 14.4. The van der Waals surface area contributed by atoms with Crippen LogP contribution in [0.15, 0.2) is 27.7 Å². The third kappa shape index (κ3) is 19.7. The fourth-order valence-electron chi connectivity index (χ4n) is 6.24. The van der Waals surface area contributed by atoms with Gasteiger partial charge in [0.1, 0.15) is 24.2 Å². The number of hydrogen-bond donors (Lipinski definition) is 0. The highest BCUT2D eigenvalue weighted by Crippen LogP contribution is 2.32. The van der Waals surface area contributed by atoms with Gasteiger partial charge in [0.05, 0.1) is 6.20 Å². The molecule has 14 nitrogen and oxygen atoms in total. The van der Waals surface area contributed by atoms with Crippen LogP contribution in [-0.2, 0) is 47.7 Å². The molecule has 0 bridgehead atoms. The van der Waals surface area contributed by atoms with Crippen molar-refractivity contribution in [3.63, 3.8) is 0 Å². The normalized spacial score (nSPS) is 13.9. The summed E-state index contributed by atoms with van der Waals surface area (Å²) in [5, 5.41) is 0. The van der Waals surface area contributed by atoms with Crippen molar-refractivity contribution >= 4 is 29.8 Å². The van der Waals surface area contributed by atoms with Crippen LogP contribution in [-0.4, -0.2) is 58.1 Å². The highest BCUT2D eigenvalue weighted by Gasteiger charge is 2.39. The Balaban J connectivity index is 2.10. The molecule has 0 radical (unpaired) electrons. The molecule has 0 amide bonds. The molecule has 0 saturated heterocycles. The summed E-state index contributed by atoms with van der Waals surface area (Å²) < 4.78 is 39.7. The first-order chi connectivity index (χ1) is 27.6. The minimum atomic E-state index is -1.25. The summed E-state index contributed by atoms with van der Waals surface area (Å²) in [6, 6.07) is 0. The standard InChI is InChI=1S/C43H68N2O12/c1-7-12-13-14-15-16-17-18-19-20-21-22-23-24-25-26-40(50)57-42(35-28-44-30-52-35)43-45-32(29-51-43)33(54-37(47)9-3)27-34(55-38(48)10-4)41(56-39(49)11-5)31(6)53-36(46)8-2/h28-31,33-34,41-42H,7-27H2,1-6H3. The number of hydrogen-bond acceptors (Lipinski definition) is 14. The van der Waals surface area contributed by atoms with Crippen LogP contribution in [0.2, 0.25) is 0 Å². The molecule has 0 aliphatic heterocycles. The third-order valence-electron chi connectivity index (χ3n) is 9.61. The zero-order valence-corrected chi connectivity index (χ0v) is 35.3. The number of esters is 5. The first-order valence-corrected chi connectivity index (χ1v) is 21.4. The second kappa shape index (κ2) is 29.1. The van der Waals surface area contributed by atoms with Crippen LogP contribution in [0.5, 0.6) is 0 Å². The molecule has 2 rings (SSSR count). The predicted octanol–water partition coefficient (Wildman–Crippen LogP) is 9.93. The van der Waals surface area contributed by atoms with E-state index >= 15 is 0 Å². The van der Waals surface area contributed by atoms with E-state index in [4.69, 9.17) is 32.5 Å². The number of carbonyl (C=O) groups excluding carboxylic acids is 5. The van der Waals surface area contributed by atoms with E-state index < -0.39 is 60.4 Å². The minimum absolute atomic E-state index is 0.00146. The molecular weight excluding hydrogens is 736 g/mol. The van der Waals surface area contributed by atoms with E-state index in [1.807, 2.05) is 0 Å². The van der Waals surface area contributed by atoms with Crippen molar-refractivity contribution in [2.24, 2.45) is 0 Å². The van der Waals surface area contributed by atoms with Gasteiger partial charge in [-0.1, -0.05) is 125 Å². The molecule has 5 atom stereocenters. The number of carbonyl (C=O) groups is 5. The number of unbranched alkanes of at least 4 members (excludes halogenated alkanes) is 14. The van der Waals surface area contributed by atoms with Gasteiger partial charge in [-0.15, -0.1) is 0 Å². The average molecular weight is 805 g/mol. The van der Waals surface area contributed by atoms with Crippen molar-refractivity contribution in [1.82, 2.24) is 9.97 Å². The van der Waals surface area contributed by atoms with E-state index in [1.54, 1.807) is 27.7 Å². The first kappa shape index (κ1) is 48.9. The fraction of sp³-hybridized carbons (Fsp3) is 0.744. The van der Waals surface area contributed by atoms with E-state index in [0.717, 1.165) is 19.3 Å². The molecule has 0 spiro atoms. The molecule has 0 aliphatic rings. The van der Waals surface area contributed by atoms with Gasteiger partial charge in [-0.05, 0) is 13.3 Å². The molecule has 2 aromatic rings. The van der Waals surface area contributed by atoms with Crippen LogP contribution in [0.25, 0.3) is 0 Å². The Labute approximate surface area is 338 Å². The van der Waals surface area contributed by atoms with Crippen LogP contribution < -0.4 is 0 Å². The van der Waals surface area contributed by atoms with E-state index in [-0.39, 0.29) is 55.9 Å². The average Bonchev–Trinajstić information content (AvgIpc) is 3.93. The summed E-state index contributed by atoms with van der Waals surface area (Å²) in [7, 11) is 0. The Bertz CT molecular complexity index is 1420. The molecule has 0 N–H and O–H groups in total. The van der Waals surface area contributed by atoms with Crippen LogP contribution in [0.3, 0.4) is 0 Å². The Hall–Kier alpha value is -4.23. The Morgan fingerprint density at radius 1 is 0.596 bits per heavy atom. The molecular formula is C43H68N2O12. The number of aromatic nitrogens is 2. The van der Waals surface area contributed by atoms with Gasteiger partial charge in [0, 0.05) is 38.5 Å². The molecule has 0 saturated carbocycles. The largest absolute Gasteiger partial charge is 0.459 e. The molecule has 322 valence electrons. The van der Waals surface area contributed by atoms with Gasteiger partial charge in [0.2, 0.25) is 12.0 Å². The summed E-state index contributed by atoms with van der Waals surface area (Å²) in [4.78, 5) is 71.6. The maximum absolute atomic E-state index is 13.1. The third-order valence-corrected chi connectivity index (χ3v) is 9.61. The maximum atomic E-state index is 13.1. The Morgan fingerprint density at radius 3 is 1.63 bits per heavy atom. The quantitative estimate of drug-likeness (QED) is 0.0387. The number of oxazole rings is 2. The van der Waals surface area contributed by atoms with Gasteiger partial charge in [0.15, 0.2) is 24.4 Å². The van der Waals surface area contributed by atoms with Gasteiger partial charge >= 0.3 is 29.8 Å². The van der Waals surface area contributed by atoms with Gasteiger partial charge < -0.3 is 32.5 Å². The molecule has 0 aliphatic carbocycles. The van der Waals surface area contributed by atoms with Crippen molar-refractivity contribution in [2.45, 2.75) is 207 Å². The Morgan fingerprint density at radius 2 is 1.11 bits per heavy atom. The van der Waals surface area contributed by atoms with Crippen LogP contribution >= 0.6 is 0 Å². The molecule has 5 unspecified atom stereocenters. The fourth-order valence-corrected chi connectivity index (χ4v) is 6.24. The minimum Gasteiger partial charge on any atom is -0.459 e. The molecule has 14 heteroatoms. The summed E-state index contributed by atoms with van der Waals surface area (Å²) in [5.41, 5.74) is 0.103. The van der Waals surface area contributed by atoms with E-state index in [9.17, 15) is 24.0 Å². The first-order valence-electron chi connectivity index (χ1n) is 21.4. The molecule has 2 heterocycles. The zero-order valence-electron chi connectivity index (χ0n) is 35.3. The Kier molecular flexibility index (Phi) is 24.9. The summed E-state index contributed by atoms with van der Waals surface area (Å²) in [6.07, 6.45) is 16.1. The molecule has 57 heavy (non-hydrogen) atoms. The highest BCUT2D eigenvalue weighted by atomic mass is 16.6. The molecule has 2 aromatic heterocycles. The van der Waals surface area contributed by atoms with Gasteiger partial charge in [-0.3, -0.25) is 24.0 Å². The monoisotopic (exact) mass is 804 g/mol. The van der Waals surface area contributed by atoms with Crippen molar-refractivity contribution in [3.8, 4) is 0 Å². The summed E-state index contributed by atoms with van der Waals surface area (Å²) in [5.74, 6) is -2.76. The predicted molar refractivity (Wildman–Crippen MR) is 210 cm³/mol. The zero-order chi connectivity index (χ0) is 41.8. The molecule has 0 fully saturated rings.